The Balaban J connectivity index is 1.33. The lowest BCUT2D eigenvalue weighted by molar-refractivity contribution is 0.0686. The fourth-order valence-electron chi connectivity index (χ4n) is 3.71. The third-order valence-electron chi connectivity index (χ3n) is 5.29. The molecule has 0 N–H and O–H groups in total. The number of amides is 1. The molecule has 152 valence electrons. The number of carbonyl (C=O) groups excluding carboxylic acids is 1. The monoisotopic (exact) mass is 394 g/mol. The summed E-state index contributed by atoms with van der Waals surface area (Å²) in [5.41, 5.74) is 1.86. The van der Waals surface area contributed by atoms with Crippen LogP contribution < -0.4 is 4.74 Å². The molecule has 0 aliphatic carbocycles. The van der Waals surface area contributed by atoms with Crippen molar-refractivity contribution in [3.8, 4) is 5.75 Å². The zero-order valence-electron chi connectivity index (χ0n) is 16.9. The first-order valence-electron chi connectivity index (χ1n) is 10.0. The van der Waals surface area contributed by atoms with E-state index in [1.165, 1.54) is 0 Å². The number of nitrogens with zero attached hydrogens (tertiary/aromatic N) is 4. The van der Waals surface area contributed by atoms with Crippen LogP contribution in [-0.4, -0.2) is 45.2 Å². The van der Waals surface area contributed by atoms with Crippen LogP contribution in [0, 0.1) is 6.92 Å². The van der Waals surface area contributed by atoms with Crippen LogP contribution in [0.2, 0.25) is 0 Å². The van der Waals surface area contributed by atoms with Crippen molar-refractivity contribution in [2.75, 3.05) is 19.7 Å². The highest BCUT2D eigenvalue weighted by Gasteiger charge is 2.29. The number of aromatic nitrogens is 3. The summed E-state index contributed by atoms with van der Waals surface area (Å²) in [5.74, 6) is 2.22. The molecule has 2 aromatic heterocycles. The van der Waals surface area contributed by atoms with Crippen molar-refractivity contribution >= 4 is 5.91 Å². The van der Waals surface area contributed by atoms with Gasteiger partial charge in [0, 0.05) is 32.8 Å². The number of piperidine rings is 1. The van der Waals surface area contributed by atoms with Crippen LogP contribution in [0.4, 0.5) is 0 Å². The fourth-order valence-corrected chi connectivity index (χ4v) is 3.71. The van der Waals surface area contributed by atoms with Gasteiger partial charge in [-0.3, -0.25) is 4.79 Å². The molecule has 1 fully saturated rings. The number of hydrogen-bond donors (Lipinski definition) is 0. The topological polar surface area (TPSA) is 73.4 Å². The molecule has 1 atom stereocenters. The zero-order valence-corrected chi connectivity index (χ0v) is 16.9. The van der Waals surface area contributed by atoms with Gasteiger partial charge in [-0.1, -0.05) is 17.3 Å². The maximum absolute atomic E-state index is 12.8. The second-order valence-electron chi connectivity index (χ2n) is 7.56. The van der Waals surface area contributed by atoms with Crippen LogP contribution in [0.5, 0.6) is 5.75 Å². The minimum absolute atomic E-state index is 0.0495. The predicted molar refractivity (Wildman–Crippen MR) is 108 cm³/mol. The molecular formula is C22H26N4O3. The van der Waals surface area contributed by atoms with E-state index in [9.17, 15) is 4.79 Å². The summed E-state index contributed by atoms with van der Waals surface area (Å²) in [6.45, 7) is 3.89. The van der Waals surface area contributed by atoms with E-state index in [2.05, 4.69) is 10.1 Å². The van der Waals surface area contributed by atoms with Crippen LogP contribution >= 0.6 is 0 Å². The largest absolute Gasteiger partial charge is 0.493 e. The van der Waals surface area contributed by atoms with Gasteiger partial charge < -0.3 is 18.7 Å². The molecule has 7 nitrogen and oxygen atoms in total. The third kappa shape index (κ3) is 4.50. The summed E-state index contributed by atoms with van der Waals surface area (Å²) in [5, 5.41) is 4.10. The summed E-state index contributed by atoms with van der Waals surface area (Å²) in [6, 6.07) is 11.7. The van der Waals surface area contributed by atoms with E-state index < -0.39 is 0 Å². The highest BCUT2D eigenvalue weighted by atomic mass is 16.5. The van der Waals surface area contributed by atoms with Crippen LogP contribution in [0.25, 0.3) is 0 Å². The Morgan fingerprint density at radius 1 is 1.31 bits per heavy atom. The average molecular weight is 394 g/mol. The summed E-state index contributed by atoms with van der Waals surface area (Å²) in [4.78, 5) is 19.2. The molecule has 0 radical (unpaired) electrons. The number of benzene rings is 1. The van der Waals surface area contributed by atoms with E-state index in [1.54, 1.807) is 0 Å². The van der Waals surface area contributed by atoms with Crippen LogP contribution in [-0.2, 0) is 13.5 Å². The van der Waals surface area contributed by atoms with Gasteiger partial charge in [0.1, 0.15) is 11.4 Å². The first-order valence-corrected chi connectivity index (χ1v) is 10.0. The minimum atomic E-state index is 0.0495. The SMILES string of the molecule is Cc1cccc(OCCc2noc(C3CCCN(C(=O)c4cccn4C)C3)n2)c1. The van der Waals surface area contributed by atoms with Crippen molar-refractivity contribution in [3.63, 3.8) is 0 Å². The molecule has 0 bridgehead atoms. The molecule has 0 saturated carbocycles. The lowest BCUT2D eigenvalue weighted by Gasteiger charge is -2.31. The zero-order chi connectivity index (χ0) is 20.2. The maximum Gasteiger partial charge on any atom is 0.270 e. The highest BCUT2D eigenvalue weighted by molar-refractivity contribution is 5.92. The molecule has 29 heavy (non-hydrogen) atoms. The molecule has 7 heteroatoms. The van der Waals surface area contributed by atoms with Crippen molar-refractivity contribution in [2.24, 2.45) is 7.05 Å². The normalized spacial score (nSPS) is 16.8. The third-order valence-corrected chi connectivity index (χ3v) is 5.29. The van der Waals surface area contributed by atoms with Gasteiger partial charge in [-0.15, -0.1) is 0 Å². The quantitative estimate of drug-likeness (QED) is 0.641. The Bertz CT molecular complexity index is 978. The van der Waals surface area contributed by atoms with Crippen LogP contribution in [0.1, 0.15) is 46.5 Å². The molecule has 0 spiro atoms. The smallest absolute Gasteiger partial charge is 0.270 e. The van der Waals surface area contributed by atoms with E-state index in [1.807, 2.05) is 66.0 Å². The van der Waals surface area contributed by atoms with Gasteiger partial charge in [0.2, 0.25) is 5.89 Å². The second-order valence-corrected chi connectivity index (χ2v) is 7.56. The Kier molecular flexibility index (Phi) is 5.64. The van der Waals surface area contributed by atoms with E-state index in [0.717, 1.165) is 30.7 Å². The molecule has 1 saturated heterocycles. The lowest BCUT2D eigenvalue weighted by Crippen LogP contribution is -2.39. The van der Waals surface area contributed by atoms with Crippen molar-refractivity contribution in [1.29, 1.82) is 0 Å². The maximum atomic E-state index is 12.8. The Morgan fingerprint density at radius 2 is 2.21 bits per heavy atom. The van der Waals surface area contributed by atoms with Crippen LogP contribution in [0.15, 0.2) is 47.1 Å². The summed E-state index contributed by atoms with van der Waals surface area (Å²) >= 11 is 0. The molecule has 1 aromatic carbocycles. The molecule has 1 amide bonds. The summed E-state index contributed by atoms with van der Waals surface area (Å²) in [6.07, 6.45) is 4.33. The number of likely N-dealkylation sites (tertiary alicyclic amines) is 1. The van der Waals surface area contributed by atoms with Gasteiger partial charge in [0.05, 0.1) is 12.5 Å². The van der Waals surface area contributed by atoms with Crippen molar-refractivity contribution in [3.05, 3.63) is 65.6 Å². The molecular weight excluding hydrogens is 368 g/mol. The molecule has 4 rings (SSSR count). The van der Waals surface area contributed by atoms with Gasteiger partial charge in [-0.25, -0.2) is 0 Å². The Labute approximate surface area is 170 Å². The number of ether oxygens (including phenoxy) is 1. The van der Waals surface area contributed by atoms with E-state index in [0.29, 0.717) is 37.0 Å². The van der Waals surface area contributed by atoms with Crippen LogP contribution in [0.3, 0.4) is 0 Å². The lowest BCUT2D eigenvalue weighted by atomic mass is 9.97. The Morgan fingerprint density at radius 3 is 3.00 bits per heavy atom. The minimum Gasteiger partial charge on any atom is -0.493 e. The Hall–Kier alpha value is -3.09. The molecule has 1 unspecified atom stereocenters. The predicted octanol–water partition coefficient (Wildman–Crippen LogP) is 3.36. The van der Waals surface area contributed by atoms with E-state index in [-0.39, 0.29) is 11.8 Å². The average Bonchev–Trinajstić information content (AvgIpc) is 3.37. The number of carbonyl (C=O) groups is 1. The van der Waals surface area contributed by atoms with E-state index >= 15 is 0 Å². The van der Waals surface area contributed by atoms with Gasteiger partial charge in [0.25, 0.3) is 5.91 Å². The highest BCUT2D eigenvalue weighted by Crippen LogP contribution is 2.27. The first-order chi connectivity index (χ1) is 14.1. The summed E-state index contributed by atoms with van der Waals surface area (Å²) < 4.78 is 13.1. The van der Waals surface area contributed by atoms with Gasteiger partial charge in [-0.05, 0) is 49.6 Å². The van der Waals surface area contributed by atoms with Gasteiger partial charge in [0.15, 0.2) is 5.82 Å². The van der Waals surface area contributed by atoms with Crippen molar-refractivity contribution < 1.29 is 14.1 Å². The standard InChI is InChI=1S/C22H26N4O3/c1-16-6-3-8-18(14-16)28-13-10-20-23-21(29-24-20)17-7-4-12-26(15-17)22(27)19-9-5-11-25(19)2/h3,5-6,8-9,11,14,17H,4,7,10,12-13,15H2,1-2H3. The molecule has 3 heterocycles. The first kappa shape index (κ1) is 19.2. The van der Waals surface area contributed by atoms with Crippen molar-refractivity contribution in [1.82, 2.24) is 19.6 Å². The summed E-state index contributed by atoms with van der Waals surface area (Å²) in [7, 11) is 1.89. The molecule has 1 aliphatic heterocycles. The number of aryl methyl sites for hydroxylation is 2. The van der Waals surface area contributed by atoms with Gasteiger partial charge >= 0.3 is 0 Å². The van der Waals surface area contributed by atoms with Crippen molar-refractivity contribution in [2.45, 2.75) is 32.1 Å². The number of rotatable bonds is 6. The molecule has 3 aromatic rings. The second kappa shape index (κ2) is 8.51. The fraction of sp³-hybridized carbons (Fsp3) is 0.409. The van der Waals surface area contributed by atoms with Gasteiger partial charge in [-0.2, -0.15) is 4.98 Å². The number of hydrogen-bond acceptors (Lipinski definition) is 5. The molecule has 1 aliphatic rings. The van der Waals surface area contributed by atoms with E-state index in [4.69, 9.17) is 9.26 Å².